The Morgan fingerprint density at radius 1 is 0.281 bits per heavy atom. The Hall–Kier alpha value is -8.20. The van der Waals surface area contributed by atoms with Crippen LogP contribution in [0.3, 0.4) is 0 Å². The maximum absolute atomic E-state index is 7.47. The zero-order valence-electron chi connectivity index (χ0n) is 35.0. The molecule has 1 aliphatic heterocycles. The topological polar surface area (TPSA) is 12.5 Å². The minimum Gasteiger partial charge on any atom is -0.472 e. The van der Waals surface area contributed by atoms with E-state index in [9.17, 15) is 0 Å². The molecule has 1 spiro atoms. The first kappa shape index (κ1) is 36.5. The van der Waals surface area contributed by atoms with Crippen molar-refractivity contribution in [3.05, 3.63) is 288 Å². The van der Waals surface area contributed by atoms with Crippen LogP contribution in [0.2, 0.25) is 0 Å². The SMILES string of the molecule is c1ccc(-c2ccc(N(c3ccc4c(c3)C3(Oc5ccccc5-c5ccccc53)c3ccccc3-4)c3ccc4c(c3)C(c3ccccc3)(c3ccccc3)c3ccccc3-4)cc2)cc1. The summed E-state index contributed by atoms with van der Waals surface area (Å²) in [7, 11) is 0. The standard InChI is InChI=1S/C62H41NO/c1-4-18-42(19-5-1)43-32-34-46(35-33-43)63(47-36-38-52-49-24-10-14-28-55(49)61(58(52)40-47,44-20-6-2-7-21-44)45-22-8-3-9-23-45)48-37-39-53-50-25-11-15-29-56(50)62(59(53)41-48)57-30-16-12-26-51(57)54-27-13-17-31-60(54)64-62/h1-41H. The third-order valence-electron chi connectivity index (χ3n) is 13.9. The molecule has 1 heterocycles. The van der Waals surface area contributed by atoms with E-state index in [2.05, 4.69) is 254 Å². The van der Waals surface area contributed by atoms with Gasteiger partial charge >= 0.3 is 0 Å². The third-order valence-corrected chi connectivity index (χ3v) is 13.9. The fourth-order valence-electron chi connectivity index (χ4n) is 11.2. The number of fused-ring (bicyclic) bond motifs is 12. The molecule has 0 bridgehead atoms. The van der Waals surface area contributed by atoms with Crippen molar-refractivity contribution >= 4 is 17.1 Å². The molecule has 2 heteroatoms. The van der Waals surface area contributed by atoms with E-state index in [4.69, 9.17) is 4.74 Å². The predicted octanol–water partition coefficient (Wildman–Crippen LogP) is 15.5. The minimum atomic E-state index is -0.856. The number of anilines is 3. The molecule has 0 saturated carbocycles. The van der Waals surface area contributed by atoms with Gasteiger partial charge in [0.2, 0.25) is 0 Å². The summed E-state index contributed by atoms with van der Waals surface area (Å²) in [5.41, 5.74) is 19.9. The molecular weight excluding hydrogens is 775 g/mol. The van der Waals surface area contributed by atoms with Crippen molar-refractivity contribution < 1.29 is 4.74 Å². The van der Waals surface area contributed by atoms with E-state index in [1.54, 1.807) is 0 Å². The van der Waals surface area contributed by atoms with Crippen LogP contribution in [0, 0.1) is 0 Å². The Labute approximate surface area is 374 Å². The highest BCUT2D eigenvalue weighted by Gasteiger charge is 2.51. The Morgan fingerprint density at radius 2 is 0.688 bits per heavy atom. The Morgan fingerprint density at radius 3 is 1.30 bits per heavy atom. The molecule has 0 saturated heterocycles. The first-order valence-electron chi connectivity index (χ1n) is 22.2. The number of hydrogen-bond acceptors (Lipinski definition) is 2. The second kappa shape index (κ2) is 14.2. The second-order valence-electron chi connectivity index (χ2n) is 17.1. The summed E-state index contributed by atoms with van der Waals surface area (Å²) in [6.45, 7) is 0. The van der Waals surface area contributed by atoms with Gasteiger partial charge in [-0.05, 0) is 104 Å². The highest BCUT2D eigenvalue weighted by molar-refractivity contribution is 5.93. The molecule has 13 rings (SSSR count). The maximum Gasteiger partial charge on any atom is 0.186 e. The fraction of sp³-hybridized carbons (Fsp3) is 0.0323. The molecule has 64 heavy (non-hydrogen) atoms. The lowest BCUT2D eigenvalue weighted by molar-refractivity contribution is 0.157. The van der Waals surface area contributed by atoms with Crippen molar-refractivity contribution in [2.24, 2.45) is 0 Å². The first-order chi connectivity index (χ1) is 31.7. The second-order valence-corrected chi connectivity index (χ2v) is 17.1. The fourth-order valence-corrected chi connectivity index (χ4v) is 11.2. The van der Waals surface area contributed by atoms with Crippen molar-refractivity contribution in [2.75, 3.05) is 4.90 Å². The van der Waals surface area contributed by atoms with Gasteiger partial charge in [-0.25, -0.2) is 0 Å². The van der Waals surface area contributed by atoms with Crippen LogP contribution in [-0.4, -0.2) is 0 Å². The van der Waals surface area contributed by atoms with Gasteiger partial charge in [0.1, 0.15) is 5.75 Å². The molecular formula is C62H41NO. The molecule has 1 atom stereocenters. The van der Waals surface area contributed by atoms with Crippen molar-refractivity contribution in [2.45, 2.75) is 11.0 Å². The van der Waals surface area contributed by atoms with Gasteiger partial charge in [-0.15, -0.1) is 0 Å². The van der Waals surface area contributed by atoms with Gasteiger partial charge in [0.15, 0.2) is 5.60 Å². The lowest BCUT2D eigenvalue weighted by atomic mass is 9.67. The number of para-hydroxylation sites is 1. The van der Waals surface area contributed by atoms with Gasteiger partial charge in [0.25, 0.3) is 0 Å². The zero-order chi connectivity index (χ0) is 42.2. The highest BCUT2D eigenvalue weighted by atomic mass is 16.5. The number of benzene rings is 10. The summed E-state index contributed by atoms with van der Waals surface area (Å²) >= 11 is 0. The highest BCUT2D eigenvalue weighted by Crippen LogP contribution is 2.60. The minimum absolute atomic E-state index is 0.538. The zero-order valence-corrected chi connectivity index (χ0v) is 35.0. The van der Waals surface area contributed by atoms with Crippen molar-refractivity contribution in [1.29, 1.82) is 0 Å². The third kappa shape index (κ3) is 5.14. The van der Waals surface area contributed by atoms with E-state index in [1.807, 2.05) is 0 Å². The van der Waals surface area contributed by atoms with E-state index in [0.29, 0.717) is 0 Å². The van der Waals surface area contributed by atoms with Gasteiger partial charge in [-0.3, -0.25) is 0 Å². The van der Waals surface area contributed by atoms with Crippen molar-refractivity contribution in [3.63, 3.8) is 0 Å². The number of nitrogens with zero attached hydrogens (tertiary/aromatic N) is 1. The molecule has 10 aromatic rings. The first-order valence-corrected chi connectivity index (χ1v) is 22.2. The average Bonchev–Trinajstić information content (AvgIpc) is 3.82. The largest absolute Gasteiger partial charge is 0.472 e. The molecule has 0 radical (unpaired) electrons. The van der Waals surface area contributed by atoms with Crippen LogP contribution in [0.15, 0.2) is 249 Å². The van der Waals surface area contributed by atoms with Gasteiger partial charge in [-0.2, -0.15) is 0 Å². The van der Waals surface area contributed by atoms with Crippen LogP contribution in [-0.2, 0) is 11.0 Å². The quantitative estimate of drug-likeness (QED) is 0.166. The van der Waals surface area contributed by atoms with Gasteiger partial charge in [-0.1, -0.05) is 206 Å². The molecule has 0 aromatic heterocycles. The van der Waals surface area contributed by atoms with Crippen LogP contribution in [0.4, 0.5) is 17.1 Å². The van der Waals surface area contributed by atoms with E-state index >= 15 is 0 Å². The molecule has 300 valence electrons. The van der Waals surface area contributed by atoms with Crippen LogP contribution < -0.4 is 9.64 Å². The number of hydrogen-bond donors (Lipinski definition) is 0. The Kier molecular flexibility index (Phi) is 8.07. The molecule has 0 amide bonds. The van der Waals surface area contributed by atoms with E-state index in [1.165, 1.54) is 61.2 Å². The molecule has 3 aliphatic rings. The monoisotopic (exact) mass is 815 g/mol. The molecule has 2 aliphatic carbocycles. The molecule has 10 aromatic carbocycles. The van der Waals surface area contributed by atoms with Crippen molar-refractivity contribution in [1.82, 2.24) is 0 Å². The summed E-state index contributed by atoms with van der Waals surface area (Å²) < 4.78 is 7.47. The van der Waals surface area contributed by atoms with Gasteiger partial charge in [0.05, 0.1) is 5.41 Å². The summed E-state index contributed by atoms with van der Waals surface area (Å²) in [5, 5.41) is 0. The van der Waals surface area contributed by atoms with E-state index in [0.717, 1.165) is 45.1 Å². The predicted molar refractivity (Wildman–Crippen MR) is 262 cm³/mol. The lowest BCUT2D eigenvalue weighted by Gasteiger charge is -2.39. The van der Waals surface area contributed by atoms with Crippen LogP contribution in [0.25, 0.3) is 44.5 Å². The van der Waals surface area contributed by atoms with E-state index in [-0.39, 0.29) is 0 Å². The number of ether oxygens (including phenoxy) is 1. The smallest absolute Gasteiger partial charge is 0.186 e. The molecule has 0 N–H and O–H groups in total. The summed E-state index contributed by atoms with van der Waals surface area (Å²) in [6, 6.07) is 91.0. The summed E-state index contributed by atoms with van der Waals surface area (Å²) in [5.74, 6) is 0.888. The van der Waals surface area contributed by atoms with Crippen molar-refractivity contribution in [3.8, 4) is 50.3 Å². The maximum atomic E-state index is 7.47. The van der Waals surface area contributed by atoms with Crippen LogP contribution >= 0.6 is 0 Å². The van der Waals surface area contributed by atoms with Crippen LogP contribution in [0.1, 0.15) is 38.9 Å². The Bertz CT molecular complexity index is 3370. The molecule has 0 fully saturated rings. The Balaban J connectivity index is 1.07. The van der Waals surface area contributed by atoms with Gasteiger partial charge in [0, 0.05) is 39.3 Å². The number of rotatable bonds is 6. The molecule has 2 nitrogen and oxygen atoms in total. The average molecular weight is 816 g/mol. The van der Waals surface area contributed by atoms with E-state index < -0.39 is 11.0 Å². The lowest BCUT2D eigenvalue weighted by Crippen LogP contribution is -2.37. The normalized spacial score (nSPS) is 15.5. The molecule has 1 unspecified atom stereocenters. The van der Waals surface area contributed by atoms with Gasteiger partial charge < -0.3 is 9.64 Å². The summed E-state index contributed by atoms with van der Waals surface area (Å²) in [4.78, 5) is 2.44. The van der Waals surface area contributed by atoms with Crippen LogP contribution in [0.5, 0.6) is 5.75 Å². The summed E-state index contributed by atoms with van der Waals surface area (Å²) in [6.07, 6.45) is 0.